The molecule has 0 aliphatic heterocycles. The van der Waals surface area contributed by atoms with E-state index in [9.17, 15) is 8.42 Å². The molecule has 0 bridgehead atoms. The molecule has 2 aromatic rings. The Bertz CT molecular complexity index is 763. The van der Waals surface area contributed by atoms with E-state index in [-0.39, 0.29) is 10.9 Å². The van der Waals surface area contributed by atoms with Crippen molar-refractivity contribution in [3.8, 4) is 0 Å². The van der Waals surface area contributed by atoms with Crippen LogP contribution in [0, 0.1) is 6.92 Å². The number of aryl methyl sites for hydroxylation is 1. The van der Waals surface area contributed by atoms with Gasteiger partial charge in [-0.1, -0.05) is 66.3 Å². The fourth-order valence-electron chi connectivity index (χ4n) is 2.12. The van der Waals surface area contributed by atoms with Crippen LogP contribution >= 0.6 is 0 Å². The van der Waals surface area contributed by atoms with Gasteiger partial charge in [0.15, 0.2) is 0 Å². The zero-order chi connectivity index (χ0) is 16.7. The van der Waals surface area contributed by atoms with Crippen molar-refractivity contribution in [2.45, 2.75) is 24.3 Å². The molecule has 2 rings (SSSR count). The summed E-state index contributed by atoms with van der Waals surface area (Å²) in [5.74, 6) is 0. The van der Waals surface area contributed by atoms with E-state index in [2.05, 4.69) is 11.3 Å². The monoisotopic (exact) mass is 327 g/mol. The second-order valence-electron chi connectivity index (χ2n) is 5.34. The van der Waals surface area contributed by atoms with Gasteiger partial charge in [0.1, 0.15) is 0 Å². The van der Waals surface area contributed by atoms with Crippen LogP contribution in [0.5, 0.6) is 0 Å². The van der Waals surface area contributed by atoms with Crippen molar-refractivity contribution in [2.75, 3.05) is 0 Å². The minimum Gasteiger partial charge on any atom is -0.207 e. The third-order valence-corrected chi connectivity index (χ3v) is 4.88. The summed E-state index contributed by atoms with van der Waals surface area (Å²) in [6, 6.07) is 16.2. The minimum atomic E-state index is -3.55. The molecular formula is C19H21NO2S. The van der Waals surface area contributed by atoms with Crippen LogP contribution in [0.1, 0.15) is 17.5 Å². The van der Waals surface area contributed by atoms with Gasteiger partial charge in [-0.15, -0.1) is 6.58 Å². The SMILES string of the molecule is C=CCC(/C=C/c1ccccc1)NS(=O)(=O)c1ccc(C)cc1. The van der Waals surface area contributed by atoms with E-state index in [4.69, 9.17) is 0 Å². The molecule has 0 radical (unpaired) electrons. The van der Waals surface area contributed by atoms with E-state index in [1.165, 1.54) is 0 Å². The normalized spacial score (nSPS) is 13.1. The molecule has 0 saturated carbocycles. The zero-order valence-corrected chi connectivity index (χ0v) is 14.0. The number of benzene rings is 2. The molecule has 1 unspecified atom stereocenters. The van der Waals surface area contributed by atoms with Crippen molar-refractivity contribution in [1.29, 1.82) is 0 Å². The first-order valence-corrected chi connectivity index (χ1v) is 8.93. The molecule has 0 saturated heterocycles. The molecule has 0 aliphatic rings. The quantitative estimate of drug-likeness (QED) is 0.783. The lowest BCUT2D eigenvalue weighted by Gasteiger charge is -2.14. The Morgan fingerprint density at radius 1 is 1.09 bits per heavy atom. The lowest BCUT2D eigenvalue weighted by Crippen LogP contribution is -2.33. The van der Waals surface area contributed by atoms with Crippen LogP contribution in [0.3, 0.4) is 0 Å². The first kappa shape index (κ1) is 17.2. The molecule has 1 N–H and O–H groups in total. The highest BCUT2D eigenvalue weighted by atomic mass is 32.2. The largest absolute Gasteiger partial charge is 0.241 e. The van der Waals surface area contributed by atoms with Gasteiger partial charge in [0.2, 0.25) is 10.0 Å². The first-order valence-electron chi connectivity index (χ1n) is 7.44. The maximum atomic E-state index is 12.5. The average molecular weight is 327 g/mol. The Kier molecular flexibility index (Phi) is 5.90. The van der Waals surface area contributed by atoms with Gasteiger partial charge in [-0.05, 0) is 31.0 Å². The van der Waals surface area contributed by atoms with Gasteiger partial charge < -0.3 is 0 Å². The minimum absolute atomic E-state index is 0.269. The van der Waals surface area contributed by atoms with Gasteiger partial charge in [0.25, 0.3) is 0 Å². The molecule has 0 amide bonds. The van der Waals surface area contributed by atoms with E-state index in [0.717, 1.165) is 11.1 Å². The van der Waals surface area contributed by atoms with Crippen LogP contribution in [0.2, 0.25) is 0 Å². The van der Waals surface area contributed by atoms with Crippen LogP contribution < -0.4 is 4.72 Å². The molecule has 2 aromatic carbocycles. The summed E-state index contributed by atoms with van der Waals surface area (Å²) >= 11 is 0. The van der Waals surface area contributed by atoms with Crippen LogP contribution in [-0.2, 0) is 10.0 Å². The lowest BCUT2D eigenvalue weighted by atomic mass is 10.1. The van der Waals surface area contributed by atoms with Gasteiger partial charge in [0.05, 0.1) is 4.90 Å². The summed E-state index contributed by atoms with van der Waals surface area (Å²) in [5, 5.41) is 0. The Labute approximate surface area is 138 Å². The van der Waals surface area contributed by atoms with E-state index >= 15 is 0 Å². The first-order chi connectivity index (χ1) is 11.0. The van der Waals surface area contributed by atoms with E-state index in [1.54, 1.807) is 30.3 Å². The summed E-state index contributed by atoms with van der Waals surface area (Å²) in [4.78, 5) is 0.269. The molecule has 0 fully saturated rings. The maximum Gasteiger partial charge on any atom is 0.241 e. The Morgan fingerprint density at radius 2 is 1.74 bits per heavy atom. The second kappa shape index (κ2) is 7.90. The fraction of sp³-hybridized carbons (Fsp3) is 0.158. The topological polar surface area (TPSA) is 46.2 Å². The average Bonchev–Trinajstić information content (AvgIpc) is 2.54. The fourth-order valence-corrected chi connectivity index (χ4v) is 3.33. The maximum absolute atomic E-state index is 12.5. The number of rotatable bonds is 7. The summed E-state index contributed by atoms with van der Waals surface area (Å²) in [7, 11) is -3.55. The molecule has 0 heterocycles. The molecule has 0 aromatic heterocycles. The molecule has 0 aliphatic carbocycles. The van der Waals surface area contributed by atoms with Crippen LogP contribution in [0.4, 0.5) is 0 Å². The van der Waals surface area contributed by atoms with Crippen molar-refractivity contribution in [2.24, 2.45) is 0 Å². The molecule has 1 atom stereocenters. The van der Waals surface area contributed by atoms with Gasteiger partial charge in [-0.25, -0.2) is 13.1 Å². The van der Waals surface area contributed by atoms with Crippen molar-refractivity contribution in [3.05, 3.63) is 84.5 Å². The second-order valence-corrected chi connectivity index (χ2v) is 7.05. The van der Waals surface area contributed by atoms with E-state index < -0.39 is 10.0 Å². The molecule has 4 heteroatoms. The van der Waals surface area contributed by atoms with Crippen molar-refractivity contribution in [1.82, 2.24) is 4.72 Å². The Hall–Kier alpha value is -2.17. The van der Waals surface area contributed by atoms with Gasteiger partial charge in [0, 0.05) is 6.04 Å². The number of hydrogen-bond donors (Lipinski definition) is 1. The lowest BCUT2D eigenvalue weighted by molar-refractivity contribution is 0.571. The summed E-state index contributed by atoms with van der Waals surface area (Å²) in [5.41, 5.74) is 2.05. The van der Waals surface area contributed by atoms with Gasteiger partial charge >= 0.3 is 0 Å². The highest BCUT2D eigenvalue weighted by molar-refractivity contribution is 7.89. The van der Waals surface area contributed by atoms with Gasteiger partial charge in [-0.2, -0.15) is 0 Å². The zero-order valence-electron chi connectivity index (χ0n) is 13.1. The van der Waals surface area contributed by atoms with Crippen LogP contribution in [0.25, 0.3) is 6.08 Å². The predicted octanol–water partition coefficient (Wildman–Crippen LogP) is 3.93. The molecule has 120 valence electrons. The van der Waals surface area contributed by atoms with E-state index in [0.29, 0.717) is 6.42 Å². The molecule has 23 heavy (non-hydrogen) atoms. The van der Waals surface area contributed by atoms with Crippen molar-refractivity contribution >= 4 is 16.1 Å². The smallest absolute Gasteiger partial charge is 0.207 e. The number of sulfonamides is 1. The summed E-state index contributed by atoms with van der Waals surface area (Å²) in [6.07, 6.45) is 5.99. The van der Waals surface area contributed by atoms with E-state index in [1.807, 2.05) is 49.4 Å². The summed E-state index contributed by atoms with van der Waals surface area (Å²) < 4.78 is 27.6. The molecular weight excluding hydrogens is 306 g/mol. The Balaban J connectivity index is 2.16. The van der Waals surface area contributed by atoms with Crippen LogP contribution in [0.15, 0.2) is 78.2 Å². The van der Waals surface area contributed by atoms with Crippen LogP contribution in [-0.4, -0.2) is 14.5 Å². The Morgan fingerprint density at radius 3 is 2.35 bits per heavy atom. The molecule has 3 nitrogen and oxygen atoms in total. The van der Waals surface area contributed by atoms with Crippen molar-refractivity contribution in [3.63, 3.8) is 0 Å². The standard InChI is InChI=1S/C19H21NO2S/c1-3-7-18(13-12-17-8-5-4-6-9-17)20-23(21,22)19-14-10-16(2)11-15-19/h3-6,8-15,18,20H,1,7H2,2H3/b13-12+. The third-order valence-electron chi connectivity index (χ3n) is 3.38. The summed E-state index contributed by atoms with van der Waals surface area (Å²) in [6.45, 7) is 5.62. The third kappa shape index (κ3) is 5.20. The number of nitrogens with one attached hydrogen (secondary N) is 1. The van der Waals surface area contributed by atoms with Gasteiger partial charge in [-0.3, -0.25) is 0 Å². The predicted molar refractivity (Wildman–Crippen MR) is 95.6 cm³/mol. The van der Waals surface area contributed by atoms with Crippen molar-refractivity contribution < 1.29 is 8.42 Å². The highest BCUT2D eigenvalue weighted by Gasteiger charge is 2.17. The number of hydrogen-bond acceptors (Lipinski definition) is 2. The highest BCUT2D eigenvalue weighted by Crippen LogP contribution is 2.12. The molecule has 0 spiro atoms.